The van der Waals surface area contributed by atoms with Gasteiger partial charge in [0.15, 0.2) is 0 Å². The van der Waals surface area contributed by atoms with Crippen molar-refractivity contribution in [2.75, 3.05) is 9.80 Å². The molecule has 5 nitrogen and oxygen atoms in total. The van der Waals surface area contributed by atoms with Gasteiger partial charge >= 0.3 is 0 Å². The van der Waals surface area contributed by atoms with Crippen molar-refractivity contribution in [3.8, 4) is 5.69 Å². The van der Waals surface area contributed by atoms with E-state index in [2.05, 4.69) is 181 Å². The summed E-state index contributed by atoms with van der Waals surface area (Å²) in [6.45, 7) is 17.4. The smallest absolute Gasteiger partial charge is 0.238 e. The van der Waals surface area contributed by atoms with Crippen LogP contribution in [0.1, 0.15) is 113 Å². The molecule has 1 radical (unpaired) electrons. The molecule has 0 N–H and O–H groups in total. The summed E-state index contributed by atoms with van der Waals surface area (Å²) in [5, 5.41) is 4.54. The summed E-state index contributed by atoms with van der Waals surface area (Å²) in [6.07, 6.45) is 0.372. The fourth-order valence-electron chi connectivity index (χ4n) is 8.59. The Hall–Kier alpha value is -5.68. The van der Waals surface area contributed by atoms with Crippen LogP contribution in [0.15, 0.2) is 121 Å². The summed E-state index contributed by atoms with van der Waals surface area (Å²) in [4.78, 5) is 33.4. The lowest BCUT2D eigenvalue weighted by Gasteiger charge is -2.45. The first-order valence-electron chi connectivity index (χ1n) is 19.8. The zero-order valence-electron chi connectivity index (χ0n) is 33.2. The monoisotopic (exact) mass is 724 g/mol. The van der Waals surface area contributed by atoms with Crippen LogP contribution in [0.25, 0.3) is 38.3 Å². The van der Waals surface area contributed by atoms with Crippen molar-refractivity contribution in [2.45, 2.75) is 85.5 Å². The van der Waals surface area contributed by atoms with Gasteiger partial charge in [-0.3, -0.25) is 19.4 Å². The van der Waals surface area contributed by atoms with E-state index in [1.807, 2.05) is 9.80 Å². The highest BCUT2D eigenvalue weighted by atomic mass is 16.2. The summed E-state index contributed by atoms with van der Waals surface area (Å²) in [7, 11) is 0. The third-order valence-electron chi connectivity index (χ3n) is 11.3. The standard InChI is InChI=1S/C50H50N3O2/c1-30(2)38-18-13-19-39(31(3)4)48(38)52-46(54)29-47(55)53(49-40(32(5)6)20-14-21-41(49)33(7)8)50(52)36-24-26-45-43(28-36)42-17-11-12-22-44(42)51(45)37-25-23-34-15-9-10-16-35(34)27-37/h9-28,30-33H,29H2,1-8H3. The number of para-hydroxylation sites is 3. The van der Waals surface area contributed by atoms with Gasteiger partial charge in [-0.25, -0.2) is 0 Å². The zero-order valence-corrected chi connectivity index (χ0v) is 33.2. The Balaban J connectivity index is 1.45. The third kappa shape index (κ3) is 6.10. The van der Waals surface area contributed by atoms with Gasteiger partial charge in [0, 0.05) is 22.0 Å². The van der Waals surface area contributed by atoms with Gasteiger partial charge in [-0.15, -0.1) is 0 Å². The number of rotatable bonds is 8. The quantitative estimate of drug-likeness (QED) is 0.147. The van der Waals surface area contributed by atoms with Gasteiger partial charge in [0.1, 0.15) is 6.42 Å². The first-order valence-corrected chi connectivity index (χ1v) is 19.8. The lowest BCUT2D eigenvalue weighted by atomic mass is 9.88. The molecule has 1 fully saturated rings. The number of benzene rings is 6. The number of amides is 2. The van der Waals surface area contributed by atoms with Gasteiger partial charge in [0.25, 0.3) is 0 Å². The van der Waals surface area contributed by atoms with Gasteiger partial charge in [0.05, 0.1) is 22.4 Å². The Morgan fingerprint density at radius 2 is 0.945 bits per heavy atom. The molecule has 0 atom stereocenters. The lowest BCUT2D eigenvalue weighted by molar-refractivity contribution is -0.128. The minimum absolute atomic E-state index is 0.144. The highest BCUT2D eigenvalue weighted by Gasteiger charge is 2.46. The molecule has 5 heteroatoms. The van der Waals surface area contributed by atoms with Gasteiger partial charge in [-0.05, 0) is 87.0 Å². The third-order valence-corrected chi connectivity index (χ3v) is 11.3. The van der Waals surface area contributed by atoms with Crippen molar-refractivity contribution in [3.05, 3.63) is 155 Å². The molecule has 55 heavy (non-hydrogen) atoms. The average molecular weight is 725 g/mol. The summed E-state index contributed by atoms with van der Waals surface area (Å²) >= 11 is 0. The minimum atomic E-state index is -0.221. The first-order chi connectivity index (χ1) is 26.5. The maximum atomic E-state index is 14.8. The van der Waals surface area contributed by atoms with E-state index in [1.165, 1.54) is 10.8 Å². The molecular weight excluding hydrogens is 675 g/mol. The van der Waals surface area contributed by atoms with Crippen molar-refractivity contribution in [2.24, 2.45) is 0 Å². The van der Waals surface area contributed by atoms with Crippen LogP contribution in [0.3, 0.4) is 0 Å². The predicted octanol–water partition coefficient (Wildman–Crippen LogP) is 12.7. The van der Waals surface area contributed by atoms with Gasteiger partial charge in [-0.1, -0.05) is 146 Å². The van der Waals surface area contributed by atoms with Crippen molar-refractivity contribution in [1.29, 1.82) is 0 Å². The van der Waals surface area contributed by atoms with Crippen molar-refractivity contribution in [1.82, 2.24) is 4.57 Å². The number of anilines is 2. The Kier molecular flexibility index (Phi) is 9.37. The van der Waals surface area contributed by atoms with E-state index in [4.69, 9.17) is 0 Å². The summed E-state index contributed by atoms with van der Waals surface area (Å²) in [6, 6.07) is 42.8. The molecule has 1 aliphatic rings. The molecule has 7 aromatic rings. The van der Waals surface area contributed by atoms with Crippen LogP contribution >= 0.6 is 0 Å². The molecule has 277 valence electrons. The van der Waals surface area contributed by atoms with E-state index in [-0.39, 0.29) is 41.9 Å². The molecule has 1 aromatic heterocycles. The first kappa shape index (κ1) is 36.3. The van der Waals surface area contributed by atoms with E-state index < -0.39 is 0 Å². The van der Waals surface area contributed by atoms with Crippen LogP contribution in [0, 0.1) is 6.17 Å². The summed E-state index contributed by atoms with van der Waals surface area (Å²) in [5.41, 5.74) is 10.2. The maximum absolute atomic E-state index is 14.8. The average Bonchev–Trinajstić information content (AvgIpc) is 3.50. The summed E-state index contributed by atoms with van der Waals surface area (Å²) in [5.74, 6) is 0.155. The highest BCUT2D eigenvalue weighted by Crippen LogP contribution is 2.48. The van der Waals surface area contributed by atoms with E-state index in [0.717, 1.165) is 66.7 Å². The van der Waals surface area contributed by atoms with Gasteiger partial charge in [0.2, 0.25) is 18.0 Å². The largest absolute Gasteiger partial charge is 0.309 e. The molecule has 6 aromatic carbocycles. The van der Waals surface area contributed by atoms with Crippen LogP contribution in [0.2, 0.25) is 0 Å². The Morgan fingerprint density at radius 3 is 1.49 bits per heavy atom. The topological polar surface area (TPSA) is 45.5 Å². The number of fused-ring (bicyclic) bond motifs is 4. The van der Waals surface area contributed by atoms with Gasteiger partial charge in [-0.2, -0.15) is 0 Å². The lowest BCUT2D eigenvalue weighted by Crippen LogP contribution is -2.55. The van der Waals surface area contributed by atoms with Crippen LogP contribution in [-0.4, -0.2) is 16.4 Å². The zero-order chi connectivity index (χ0) is 38.7. The van der Waals surface area contributed by atoms with Crippen LogP contribution < -0.4 is 9.80 Å². The highest BCUT2D eigenvalue weighted by molar-refractivity contribution is 6.19. The number of carbonyl (C=O) groups is 2. The second kappa shape index (κ2) is 14.2. The Labute approximate surface area is 325 Å². The van der Waals surface area contributed by atoms with E-state index in [1.54, 1.807) is 0 Å². The summed E-state index contributed by atoms with van der Waals surface area (Å²) < 4.78 is 2.33. The van der Waals surface area contributed by atoms with Crippen LogP contribution in [-0.2, 0) is 9.59 Å². The molecule has 0 bridgehead atoms. The second-order valence-electron chi connectivity index (χ2n) is 16.3. The fraction of sp³-hybridized carbons (Fsp3) is 0.260. The van der Waals surface area contributed by atoms with E-state index in [0.29, 0.717) is 6.17 Å². The van der Waals surface area contributed by atoms with Crippen molar-refractivity contribution >= 4 is 55.8 Å². The molecule has 0 aliphatic carbocycles. The molecule has 8 rings (SSSR count). The SMILES string of the molecule is CC(C)c1cccc(C(C)C)c1N1[C](c2ccc3c(c2)c2ccccc2n3-c2ccc3ccccc3c2)N(c2c(C(C)C)cccc2C(C)C)C(=O)CC1=O. The Bertz CT molecular complexity index is 2470. The molecule has 0 saturated carbocycles. The molecule has 1 saturated heterocycles. The van der Waals surface area contributed by atoms with Gasteiger partial charge < -0.3 is 4.57 Å². The van der Waals surface area contributed by atoms with E-state index >= 15 is 0 Å². The molecule has 0 spiro atoms. The normalized spacial score (nSPS) is 14.3. The second-order valence-corrected chi connectivity index (χ2v) is 16.3. The number of nitrogens with zero attached hydrogens (tertiary/aromatic N) is 3. The number of aromatic nitrogens is 1. The molecule has 2 heterocycles. The van der Waals surface area contributed by atoms with Crippen LogP contribution in [0.4, 0.5) is 11.4 Å². The van der Waals surface area contributed by atoms with Crippen LogP contribution in [0.5, 0.6) is 0 Å². The number of carbonyl (C=O) groups excluding carboxylic acids is 2. The van der Waals surface area contributed by atoms with E-state index in [9.17, 15) is 9.59 Å². The molecular formula is C50H50N3O2. The minimum Gasteiger partial charge on any atom is -0.309 e. The van der Waals surface area contributed by atoms with Crippen molar-refractivity contribution in [3.63, 3.8) is 0 Å². The fourth-order valence-corrected chi connectivity index (χ4v) is 8.59. The number of hydrogen-bond acceptors (Lipinski definition) is 2. The number of hydrogen-bond donors (Lipinski definition) is 0. The predicted molar refractivity (Wildman–Crippen MR) is 229 cm³/mol. The maximum Gasteiger partial charge on any atom is 0.238 e. The molecule has 1 aliphatic heterocycles. The van der Waals surface area contributed by atoms with Crippen molar-refractivity contribution < 1.29 is 9.59 Å². The molecule has 0 unspecified atom stereocenters. The molecule has 2 amide bonds. The Morgan fingerprint density at radius 1 is 0.455 bits per heavy atom.